The number of nitrogens with zero attached hydrogens (tertiary/aromatic N) is 1. The van der Waals surface area contributed by atoms with E-state index in [9.17, 15) is 10.1 Å². The maximum absolute atomic E-state index is 11.0. The molecule has 0 saturated heterocycles. The maximum atomic E-state index is 11.0. The van der Waals surface area contributed by atoms with Gasteiger partial charge in [0.25, 0.3) is 5.69 Å². The van der Waals surface area contributed by atoms with E-state index in [2.05, 4.69) is 4.98 Å². The molecule has 118 valence electrons. The Morgan fingerprint density at radius 2 is 1.67 bits per heavy atom. The first-order valence-electron chi connectivity index (χ1n) is 6.93. The van der Waals surface area contributed by atoms with Crippen LogP contribution in [0.2, 0.25) is 0 Å². The molecule has 0 unspecified atom stereocenters. The van der Waals surface area contributed by atoms with E-state index in [1.54, 1.807) is 19.1 Å². The number of nitro benzene ring substituents is 1. The van der Waals surface area contributed by atoms with Gasteiger partial charge in [0.1, 0.15) is 0 Å². The average molecular weight is 314 g/mol. The predicted octanol–water partition coefficient (Wildman–Crippen LogP) is 2.86. The molecule has 0 aromatic heterocycles. The number of nitrogens with one attached hydrogen (secondary N) is 1. The third-order valence-electron chi connectivity index (χ3n) is 2.71. The first kappa shape index (κ1) is 17.6. The maximum Gasteiger partial charge on any atom is 0.631 e. The topological polar surface area (TPSA) is 82.9 Å². The van der Waals surface area contributed by atoms with Crippen molar-refractivity contribution in [3.63, 3.8) is 0 Å². The zero-order valence-electron chi connectivity index (χ0n) is 12.8. The highest BCUT2D eigenvalue weighted by atomic mass is 28.4. The Bertz CT molecular complexity index is 467. The number of benzene rings is 1. The zero-order valence-corrected chi connectivity index (χ0v) is 13.8. The lowest BCUT2D eigenvalue weighted by Gasteiger charge is -2.28. The van der Waals surface area contributed by atoms with Gasteiger partial charge in [-0.05, 0) is 33.8 Å². The van der Waals surface area contributed by atoms with Crippen LogP contribution < -0.4 is 4.98 Å². The number of rotatable bonds is 9. The largest absolute Gasteiger partial charge is 0.631 e. The van der Waals surface area contributed by atoms with Crippen LogP contribution in [0.5, 0.6) is 0 Å². The van der Waals surface area contributed by atoms with Crippen LogP contribution in [0.3, 0.4) is 0 Å². The lowest BCUT2D eigenvalue weighted by molar-refractivity contribution is -0.385. The van der Waals surface area contributed by atoms with Crippen LogP contribution in [-0.4, -0.2) is 33.7 Å². The molecule has 0 radical (unpaired) electrons. The Morgan fingerprint density at radius 3 is 2.10 bits per heavy atom. The molecular formula is C13H22N2O5Si. The molecule has 0 aliphatic heterocycles. The Balaban J connectivity index is 3.07. The summed E-state index contributed by atoms with van der Waals surface area (Å²) in [5.41, 5.74) is 1.20. The number of anilines is 1. The summed E-state index contributed by atoms with van der Waals surface area (Å²) in [4.78, 5) is 13.7. The second-order valence-electron chi connectivity index (χ2n) is 4.24. The highest BCUT2D eigenvalue weighted by Gasteiger charge is 2.42. The first-order chi connectivity index (χ1) is 9.98. The molecule has 0 aliphatic carbocycles. The Hall–Kier alpha value is -1.48. The molecule has 1 aromatic rings. The van der Waals surface area contributed by atoms with Gasteiger partial charge < -0.3 is 18.3 Å². The van der Waals surface area contributed by atoms with Gasteiger partial charge in [-0.15, -0.1) is 0 Å². The van der Waals surface area contributed by atoms with Crippen LogP contribution >= 0.6 is 0 Å². The van der Waals surface area contributed by atoms with E-state index in [1.165, 1.54) is 6.07 Å². The summed E-state index contributed by atoms with van der Waals surface area (Å²) >= 11 is 0. The summed E-state index contributed by atoms with van der Waals surface area (Å²) in [5.74, 6) is 0. The third-order valence-corrected chi connectivity index (χ3v) is 5.31. The number of nitro groups is 1. The van der Waals surface area contributed by atoms with Gasteiger partial charge in [0.15, 0.2) is 0 Å². The summed E-state index contributed by atoms with van der Waals surface area (Å²) < 4.78 is 17.0. The highest BCUT2D eigenvalue weighted by molar-refractivity contribution is 6.64. The number of aryl methyl sites for hydroxylation is 1. The van der Waals surface area contributed by atoms with Crippen molar-refractivity contribution in [2.24, 2.45) is 0 Å². The SMILES string of the molecule is CCO[Si](Nc1ccc(C)c([N+](=O)[O-])c1)(OCC)OCC. The van der Waals surface area contributed by atoms with Crippen molar-refractivity contribution in [1.82, 2.24) is 0 Å². The summed E-state index contributed by atoms with van der Waals surface area (Å²) in [6, 6.07) is 4.90. The van der Waals surface area contributed by atoms with Gasteiger partial charge in [0, 0.05) is 37.1 Å². The van der Waals surface area contributed by atoms with Crippen molar-refractivity contribution in [3.05, 3.63) is 33.9 Å². The zero-order chi connectivity index (χ0) is 15.9. The van der Waals surface area contributed by atoms with Crippen molar-refractivity contribution in [2.45, 2.75) is 27.7 Å². The molecular weight excluding hydrogens is 292 g/mol. The lowest BCUT2D eigenvalue weighted by atomic mass is 10.2. The van der Waals surface area contributed by atoms with Crippen LogP contribution in [-0.2, 0) is 13.3 Å². The Kier molecular flexibility index (Phi) is 6.76. The van der Waals surface area contributed by atoms with E-state index in [4.69, 9.17) is 13.3 Å². The van der Waals surface area contributed by atoms with Gasteiger partial charge in [-0.25, -0.2) is 0 Å². The van der Waals surface area contributed by atoms with Crippen molar-refractivity contribution in [2.75, 3.05) is 24.8 Å². The predicted molar refractivity (Wildman–Crippen MR) is 82.1 cm³/mol. The molecule has 1 aromatic carbocycles. The minimum absolute atomic E-state index is 0.0485. The molecule has 0 bridgehead atoms. The van der Waals surface area contributed by atoms with E-state index in [1.807, 2.05) is 20.8 Å². The molecule has 0 amide bonds. The van der Waals surface area contributed by atoms with E-state index >= 15 is 0 Å². The van der Waals surface area contributed by atoms with Crippen LogP contribution in [0.25, 0.3) is 0 Å². The van der Waals surface area contributed by atoms with Crippen molar-refractivity contribution >= 4 is 20.3 Å². The normalized spacial score (nSPS) is 11.4. The fraction of sp³-hybridized carbons (Fsp3) is 0.538. The molecule has 0 spiro atoms. The fourth-order valence-electron chi connectivity index (χ4n) is 1.86. The van der Waals surface area contributed by atoms with Gasteiger partial charge >= 0.3 is 8.97 Å². The smallest absolute Gasteiger partial charge is 0.357 e. The summed E-state index contributed by atoms with van der Waals surface area (Å²) in [6.07, 6.45) is 0. The van der Waals surface area contributed by atoms with E-state index in [-0.39, 0.29) is 5.69 Å². The Labute approximate surface area is 125 Å². The summed E-state index contributed by atoms with van der Waals surface area (Å²) in [6.45, 7) is 8.50. The van der Waals surface area contributed by atoms with E-state index in [0.29, 0.717) is 31.1 Å². The number of hydrogen-bond acceptors (Lipinski definition) is 6. The molecule has 1 N–H and O–H groups in total. The lowest BCUT2D eigenvalue weighted by Crippen LogP contribution is -2.53. The van der Waals surface area contributed by atoms with Gasteiger partial charge in [0.05, 0.1) is 4.92 Å². The monoisotopic (exact) mass is 314 g/mol. The first-order valence-corrected chi connectivity index (χ1v) is 8.65. The van der Waals surface area contributed by atoms with Gasteiger partial charge in [-0.1, -0.05) is 6.07 Å². The van der Waals surface area contributed by atoms with E-state index in [0.717, 1.165) is 0 Å². The Morgan fingerprint density at radius 1 is 1.14 bits per heavy atom. The molecule has 0 fully saturated rings. The molecule has 21 heavy (non-hydrogen) atoms. The van der Waals surface area contributed by atoms with Crippen LogP contribution in [0.15, 0.2) is 18.2 Å². The van der Waals surface area contributed by atoms with Crippen molar-refractivity contribution in [3.8, 4) is 0 Å². The third kappa shape index (κ3) is 4.78. The molecule has 1 rings (SSSR count). The molecule has 0 saturated carbocycles. The number of hydrogen-bond donors (Lipinski definition) is 1. The second-order valence-corrected chi connectivity index (χ2v) is 6.47. The van der Waals surface area contributed by atoms with Crippen LogP contribution in [0, 0.1) is 17.0 Å². The summed E-state index contributed by atoms with van der Waals surface area (Å²) in [5, 5.41) is 11.0. The van der Waals surface area contributed by atoms with E-state index < -0.39 is 13.9 Å². The highest BCUT2D eigenvalue weighted by Crippen LogP contribution is 2.24. The second kappa shape index (κ2) is 8.08. The molecule has 0 aliphatic rings. The van der Waals surface area contributed by atoms with Gasteiger partial charge in [-0.2, -0.15) is 0 Å². The molecule has 8 heteroatoms. The summed E-state index contributed by atoms with van der Waals surface area (Å²) in [7, 11) is -3.08. The molecule has 7 nitrogen and oxygen atoms in total. The average Bonchev–Trinajstić information content (AvgIpc) is 2.41. The van der Waals surface area contributed by atoms with Crippen LogP contribution in [0.1, 0.15) is 26.3 Å². The minimum atomic E-state index is -3.08. The van der Waals surface area contributed by atoms with Gasteiger partial charge in [-0.3, -0.25) is 10.1 Å². The van der Waals surface area contributed by atoms with Crippen molar-refractivity contribution < 1.29 is 18.2 Å². The minimum Gasteiger partial charge on any atom is -0.357 e. The van der Waals surface area contributed by atoms with Gasteiger partial charge in [0.2, 0.25) is 0 Å². The molecule has 0 atom stereocenters. The fourth-order valence-corrected chi connectivity index (χ4v) is 3.98. The van der Waals surface area contributed by atoms with Crippen molar-refractivity contribution in [1.29, 1.82) is 0 Å². The molecule has 0 heterocycles. The van der Waals surface area contributed by atoms with Crippen LogP contribution in [0.4, 0.5) is 11.4 Å². The quantitative estimate of drug-likeness (QED) is 0.429. The standard InChI is InChI=1S/C13H22N2O5Si/c1-5-18-21(19-6-2,20-7-3)14-12-9-8-11(4)13(10-12)15(16)17/h8-10,14H,5-7H2,1-4H3.